The van der Waals surface area contributed by atoms with Crippen molar-refractivity contribution in [1.82, 2.24) is 15.4 Å². The molecule has 0 atom stereocenters. The smallest absolute Gasteiger partial charge is 0.304 e. The van der Waals surface area contributed by atoms with E-state index < -0.39 is 6.55 Å². The van der Waals surface area contributed by atoms with E-state index in [0.717, 1.165) is 0 Å². The van der Waals surface area contributed by atoms with Crippen molar-refractivity contribution in [3.05, 3.63) is 49.1 Å². The number of aromatic nitrogens is 2. The molecule has 0 bridgehead atoms. The largest absolute Gasteiger partial charge is 0.368 e. The van der Waals surface area contributed by atoms with Crippen LogP contribution in [-0.4, -0.2) is 16.5 Å². The lowest BCUT2D eigenvalue weighted by atomic mass is 10.7. The highest BCUT2D eigenvalue weighted by molar-refractivity contribution is 4.85. The van der Waals surface area contributed by atoms with Gasteiger partial charge < -0.3 is 9.97 Å². The first kappa shape index (κ1) is 13.3. The summed E-state index contributed by atoms with van der Waals surface area (Å²) >= 11 is 0. The van der Waals surface area contributed by atoms with Gasteiger partial charge in [0.15, 0.2) is 0 Å². The molecule has 2 rings (SSSR count). The molecule has 0 saturated heterocycles. The third-order valence-corrected chi connectivity index (χ3v) is 1.12. The van der Waals surface area contributed by atoms with Gasteiger partial charge in [-0.1, -0.05) is 0 Å². The summed E-state index contributed by atoms with van der Waals surface area (Å²) in [7, 11) is 0. The minimum atomic E-state index is -2.59. The van der Waals surface area contributed by atoms with Gasteiger partial charge in [0.25, 0.3) is 0 Å². The van der Waals surface area contributed by atoms with Crippen molar-refractivity contribution in [3.63, 3.8) is 0 Å². The number of hydrogen-bond acceptors (Lipinski definition) is 2. The van der Waals surface area contributed by atoms with Crippen LogP contribution in [0.5, 0.6) is 0 Å². The molecular weight excluding hydrogens is 202 g/mol. The number of hydrogen-bond donors (Lipinski definition) is 4. The van der Waals surface area contributed by atoms with Crippen LogP contribution in [0.2, 0.25) is 0 Å². The molecule has 2 heterocycles. The third kappa shape index (κ3) is 12.3. The predicted octanol–water partition coefficient (Wildman–Crippen LogP) is 1.70. The van der Waals surface area contributed by atoms with Crippen molar-refractivity contribution >= 4 is 0 Å². The van der Waals surface area contributed by atoms with Crippen molar-refractivity contribution in [2.75, 3.05) is 0 Å². The lowest BCUT2D eigenvalue weighted by Gasteiger charge is -1.86. The fourth-order valence-electron chi connectivity index (χ4n) is 0.556. The molecule has 2 aromatic rings. The van der Waals surface area contributed by atoms with Crippen LogP contribution in [0.1, 0.15) is 0 Å². The summed E-state index contributed by atoms with van der Waals surface area (Å²) in [4.78, 5) is 5.72. The lowest BCUT2D eigenvalue weighted by Crippen LogP contribution is -2.27. The van der Waals surface area contributed by atoms with Gasteiger partial charge in [-0.2, -0.15) is 8.78 Å². The van der Waals surface area contributed by atoms with Crippen molar-refractivity contribution in [3.8, 4) is 0 Å². The zero-order chi connectivity index (χ0) is 11.4. The molecule has 0 aliphatic heterocycles. The molecular formula is C9H14F2N4. The molecule has 2 aromatic heterocycles. The number of nitrogens with one attached hydrogen (secondary N) is 3. The first-order chi connectivity index (χ1) is 7.27. The van der Waals surface area contributed by atoms with Crippen LogP contribution in [0, 0.1) is 0 Å². The molecule has 84 valence electrons. The maximum absolute atomic E-state index is 10.5. The lowest BCUT2D eigenvalue weighted by molar-refractivity contribution is 0.109. The van der Waals surface area contributed by atoms with Crippen LogP contribution in [0.3, 0.4) is 0 Å². The number of H-pyrrole nitrogens is 2. The van der Waals surface area contributed by atoms with Crippen molar-refractivity contribution in [1.29, 1.82) is 0 Å². The van der Waals surface area contributed by atoms with Crippen molar-refractivity contribution in [2.24, 2.45) is 5.84 Å². The highest BCUT2D eigenvalue weighted by atomic mass is 19.3. The number of rotatable bonds is 1. The molecule has 6 heteroatoms. The van der Waals surface area contributed by atoms with Crippen molar-refractivity contribution < 1.29 is 8.78 Å². The predicted molar refractivity (Wildman–Crippen MR) is 54.9 cm³/mol. The average Bonchev–Trinajstić information content (AvgIpc) is 2.96. The normalized spacial score (nSPS) is 8.53. The summed E-state index contributed by atoms with van der Waals surface area (Å²) in [5, 5.41) is 0. The molecule has 0 aliphatic rings. The number of alkyl halides is 2. The first-order valence-corrected chi connectivity index (χ1v) is 4.17. The Morgan fingerprint density at radius 1 is 0.867 bits per heavy atom. The molecule has 0 unspecified atom stereocenters. The van der Waals surface area contributed by atoms with Crippen LogP contribution in [0.25, 0.3) is 0 Å². The van der Waals surface area contributed by atoms with Gasteiger partial charge in [0.1, 0.15) is 0 Å². The van der Waals surface area contributed by atoms with Gasteiger partial charge in [0.05, 0.1) is 0 Å². The van der Waals surface area contributed by atoms with E-state index in [2.05, 4.69) is 15.8 Å². The van der Waals surface area contributed by atoms with Gasteiger partial charge in [-0.25, -0.2) is 5.43 Å². The molecule has 0 radical (unpaired) electrons. The second-order valence-electron chi connectivity index (χ2n) is 2.24. The van der Waals surface area contributed by atoms with E-state index in [-0.39, 0.29) is 0 Å². The zero-order valence-corrected chi connectivity index (χ0v) is 8.03. The minimum absolute atomic E-state index is 1.19. The molecule has 15 heavy (non-hydrogen) atoms. The number of aromatic amines is 2. The summed E-state index contributed by atoms with van der Waals surface area (Å²) in [6.07, 6.45) is 7.50. The van der Waals surface area contributed by atoms with E-state index in [4.69, 9.17) is 0 Å². The topological polar surface area (TPSA) is 69.6 Å². The highest BCUT2D eigenvalue weighted by Crippen LogP contribution is 1.76. The maximum atomic E-state index is 10.5. The van der Waals surface area contributed by atoms with Crippen molar-refractivity contribution in [2.45, 2.75) is 6.55 Å². The Bertz CT molecular complexity index is 207. The Morgan fingerprint density at radius 3 is 1.20 bits per heavy atom. The Balaban J connectivity index is 0.000000196. The molecule has 0 aliphatic carbocycles. The van der Waals surface area contributed by atoms with Crippen LogP contribution in [-0.2, 0) is 0 Å². The van der Waals surface area contributed by atoms with Gasteiger partial charge in [0.2, 0.25) is 0 Å². The maximum Gasteiger partial charge on any atom is 0.304 e. The SMILES string of the molecule is NNC(F)F.c1cc[nH]c1.c1cc[nH]c1. The summed E-state index contributed by atoms with van der Waals surface area (Å²) in [6.45, 7) is -2.59. The van der Waals surface area contributed by atoms with Gasteiger partial charge >= 0.3 is 6.55 Å². The number of halogens is 2. The third-order valence-electron chi connectivity index (χ3n) is 1.12. The highest BCUT2D eigenvalue weighted by Gasteiger charge is 1.89. The summed E-state index contributed by atoms with van der Waals surface area (Å²) in [6, 6.07) is 7.78. The summed E-state index contributed by atoms with van der Waals surface area (Å²) < 4.78 is 21.1. The van der Waals surface area contributed by atoms with E-state index >= 15 is 0 Å². The van der Waals surface area contributed by atoms with Crippen LogP contribution < -0.4 is 11.3 Å². The number of hydrazine groups is 1. The van der Waals surface area contributed by atoms with E-state index in [0.29, 0.717) is 0 Å². The summed E-state index contributed by atoms with van der Waals surface area (Å²) in [5.74, 6) is 4.17. The monoisotopic (exact) mass is 216 g/mol. The average molecular weight is 216 g/mol. The first-order valence-electron chi connectivity index (χ1n) is 4.17. The van der Waals surface area contributed by atoms with Crippen LogP contribution in [0.4, 0.5) is 8.78 Å². The number of nitrogens with two attached hydrogens (primary N) is 1. The van der Waals surface area contributed by atoms with E-state index in [1.807, 2.05) is 49.1 Å². The standard InChI is InChI=1S/2C4H5N.CH4F2N2/c2*1-2-4-5-3-1;2-1(3)5-4/h2*1-5H;1,5H,4H2. The van der Waals surface area contributed by atoms with E-state index in [9.17, 15) is 8.78 Å². The molecule has 0 saturated carbocycles. The second-order valence-corrected chi connectivity index (χ2v) is 2.24. The molecule has 0 spiro atoms. The van der Waals surface area contributed by atoms with Gasteiger partial charge in [-0.05, 0) is 24.3 Å². The minimum Gasteiger partial charge on any atom is -0.368 e. The molecule has 0 fully saturated rings. The summed E-state index contributed by atoms with van der Waals surface area (Å²) in [5.41, 5.74) is 1.19. The van der Waals surface area contributed by atoms with Gasteiger partial charge in [-0.3, -0.25) is 5.84 Å². The molecule has 0 amide bonds. The van der Waals surface area contributed by atoms with Gasteiger partial charge in [-0.15, -0.1) is 0 Å². The molecule has 5 N–H and O–H groups in total. The fourth-order valence-corrected chi connectivity index (χ4v) is 0.556. The fraction of sp³-hybridized carbons (Fsp3) is 0.111. The van der Waals surface area contributed by atoms with E-state index in [1.54, 1.807) is 0 Å². The van der Waals surface area contributed by atoms with Crippen LogP contribution in [0.15, 0.2) is 49.1 Å². The Hall–Kier alpha value is -1.66. The van der Waals surface area contributed by atoms with E-state index in [1.165, 1.54) is 5.43 Å². The Morgan fingerprint density at radius 2 is 1.13 bits per heavy atom. The van der Waals surface area contributed by atoms with Crippen LogP contribution >= 0.6 is 0 Å². The second kappa shape index (κ2) is 10.4. The zero-order valence-electron chi connectivity index (χ0n) is 8.03. The molecule has 0 aromatic carbocycles. The Labute approximate surface area is 86.5 Å². The Kier molecular flexibility index (Phi) is 9.27. The van der Waals surface area contributed by atoms with Gasteiger partial charge in [0, 0.05) is 24.8 Å². The molecule has 4 nitrogen and oxygen atoms in total. The quantitative estimate of drug-likeness (QED) is 0.333.